The highest BCUT2D eigenvalue weighted by Gasteiger charge is 2.07. The molecule has 0 radical (unpaired) electrons. The summed E-state index contributed by atoms with van der Waals surface area (Å²) in [5.74, 6) is -0.225. The Morgan fingerprint density at radius 3 is 2.80 bits per heavy atom. The maximum atomic E-state index is 10.6. The Hall–Kier alpha value is -2.41. The number of aromatic nitrogens is 3. The van der Waals surface area contributed by atoms with E-state index in [1.807, 2.05) is 30.3 Å². The molecule has 0 aliphatic carbocycles. The fraction of sp³-hybridized carbons (Fsp3) is 0.308. The monoisotopic (exact) mass is 276 g/mol. The van der Waals surface area contributed by atoms with Gasteiger partial charge in [-0.25, -0.2) is 4.79 Å². The average molecular weight is 276 g/mol. The van der Waals surface area contributed by atoms with E-state index < -0.39 is 5.97 Å². The third-order valence-electron chi connectivity index (χ3n) is 2.57. The van der Waals surface area contributed by atoms with Crippen LogP contribution in [0.4, 0.5) is 0 Å². The largest absolute Gasteiger partial charge is 0.492 e. The Kier molecular flexibility index (Phi) is 5.08. The van der Waals surface area contributed by atoms with Crippen LogP contribution in [-0.2, 0) is 6.54 Å². The number of para-hydroxylation sites is 1. The predicted octanol–water partition coefficient (Wildman–Crippen LogP) is 0.645. The number of carbonyl (C=O) groups is 1. The first-order valence-electron chi connectivity index (χ1n) is 6.28. The van der Waals surface area contributed by atoms with Crippen molar-refractivity contribution in [2.24, 2.45) is 0 Å². The van der Waals surface area contributed by atoms with Crippen LogP contribution in [0, 0.1) is 0 Å². The van der Waals surface area contributed by atoms with Gasteiger partial charge in [-0.15, -0.1) is 5.10 Å². The van der Waals surface area contributed by atoms with Crippen LogP contribution < -0.4 is 10.1 Å². The highest BCUT2D eigenvalue weighted by Crippen LogP contribution is 2.07. The molecule has 1 aromatic carbocycles. The molecule has 0 fully saturated rings. The summed E-state index contributed by atoms with van der Waals surface area (Å²) < 4.78 is 7.01. The number of ether oxygens (including phenoxy) is 1. The van der Waals surface area contributed by atoms with Crippen LogP contribution in [0.1, 0.15) is 10.5 Å². The summed E-state index contributed by atoms with van der Waals surface area (Å²) in [6.07, 6.45) is 1.41. The normalized spacial score (nSPS) is 10.4. The van der Waals surface area contributed by atoms with Gasteiger partial charge in [0.05, 0.1) is 12.7 Å². The van der Waals surface area contributed by atoms with Crippen LogP contribution in [-0.4, -0.2) is 45.8 Å². The molecule has 0 atom stereocenters. The van der Waals surface area contributed by atoms with E-state index in [1.165, 1.54) is 10.9 Å². The maximum Gasteiger partial charge on any atom is 0.358 e. The molecule has 106 valence electrons. The van der Waals surface area contributed by atoms with E-state index in [0.29, 0.717) is 26.2 Å². The number of nitrogens with zero attached hydrogens (tertiary/aromatic N) is 3. The van der Waals surface area contributed by atoms with Crippen LogP contribution in [0.3, 0.4) is 0 Å². The van der Waals surface area contributed by atoms with Crippen molar-refractivity contribution in [3.63, 3.8) is 0 Å². The average Bonchev–Trinajstić information content (AvgIpc) is 2.93. The lowest BCUT2D eigenvalue weighted by atomic mass is 10.3. The Bertz CT molecular complexity index is 542. The molecule has 0 spiro atoms. The highest BCUT2D eigenvalue weighted by molar-refractivity contribution is 5.84. The molecule has 2 rings (SSSR count). The van der Waals surface area contributed by atoms with Gasteiger partial charge < -0.3 is 15.2 Å². The molecule has 0 aliphatic heterocycles. The summed E-state index contributed by atoms with van der Waals surface area (Å²) in [4.78, 5) is 10.6. The molecule has 7 heteroatoms. The lowest BCUT2D eigenvalue weighted by molar-refractivity contribution is 0.0690. The molecule has 0 saturated heterocycles. The van der Waals surface area contributed by atoms with E-state index in [0.717, 1.165) is 5.75 Å². The summed E-state index contributed by atoms with van der Waals surface area (Å²) in [5.41, 5.74) is -0.0441. The van der Waals surface area contributed by atoms with Crippen molar-refractivity contribution in [2.45, 2.75) is 6.54 Å². The molecule has 0 unspecified atom stereocenters. The Morgan fingerprint density at radius 1 is 1.30 bits per heavy atom. The Balaban J connectivity index is 1.58. The van der Waals surface area contributed by atoms with Crippen LogP contribution >= 0.6 is 0 Å². The van der Waals surface area contributed by atoms with E-state index in [2.05, 4.69) is 15.6 Å². The van der Waals surface area contributed by atoms with Gasteiger partial charge in [0.25, 0.3) is 0 Å². The van der Waals surface area contributed by atoms with E-state index in [4.69, 9.17) is 9.84 Å². The van der Waals surface area contributed by atoms with Gasteiger partial charge >= 0.3 is 5.97 Å². The number of benzene rings is 1. The summed E-state index contributed by atoms with van der Waals surface area (Å²) in [7, 11) is 0. The van der Waals surface area contributed by atoms with Gasteiger partial charge in [-0.05, 0) is 12.1 Å². The first kappa shape index (κ1) is 14.0. The number of nitrogens with one attached hydrogen (secondary N) is 1. The second kappa shape index (κ2) is 7.25. The second-order valence-corrected chi connectivity index (χ2v) is 4.08. The highest BCUT2D eigenvalue weighted by atomic mass is 16.5. The van der Waals surface area contributed by atoms with Gasteiger partial charge in [0.1, 0.15) is 12.4 Å². The van der Waals surface area contributed by atoms with Gasteiger partial charge in [0, 0.05) is 13.1 Å². The van der Waals surface area contributed by atoms with Crippen molar-refractivity contribution in [2.75, 3.05) is 19.7 Å². The van der Waals surface area contributed by atoms with Gasteiger partial charge in [0.2, 0.25) is 0 Å². The quantitative estimate of drug-likeness (QED) is 0.688. The summed E-state index contributed by atoms with van der Waals surface area (Å²) in [5, 5.41) is 19.1. The van der Waals surface area contributed by atoms with Crippen molar-refractivity contribution in [3.8, 4) is 5.75 Å². The minimum atomic E-state index is -1.07. The van der Waals surface area contributed by atoms with Crippen LogP contribution in [0.2, 0.25) is 0 Å². The Morgan fingerprint density at radius 2 is 2.10 bits per heavy atom. The summed E-state index contributed by atoms with van der Waals surface area (Å²) in [6.45, 7) is 2.50. The molecular formula is C13H16N4O3. The molecule has 1 aromatic heterocycles. The first-order valence-corrected chi connectivity index (χ1v) is 6.28. The minimum absolute atomic E-state index is 0.0441. The van der Waals surface area contributed by atoms with Crippen LogP contribution in [0.5, 0.6) is 5.75 Å². The molecule has 2 aromatic rings. The fourth-order valence-electron chi connectivity index (χ4n) is 1.58. The third-order valence-corrected chi connectivity index (χ3v) is 2.57. The van der Waals surface area contributed by atoms with E-state index in [9.17, 15) is 4.79 Å². The second-order valence-electron chi connectivity index (χ2n) is 4.08. The lowest BCUT2D eigenvalue weighted by Crippen LogP contribution is -2.25. The van der Waals surface area contributed by atoms with Crippen molar-refractivity contribution >= 4 is 5.97 Å². The number of carboxylic acid groups (broad SMARTS) is 1. The standard InChI is InChI=1S/C13H16N4O3/c18-13(19)12-10-17(16-15-12)8-6-14-7-9-20-11-4-2-1-3-5-11/h1-5,10,14H,6-9H2,(H,18,19). The molecule has 0 amide bonds. The molecule has 7 nitrogen and oxygen atoms in total. The van der Waals surface area contributed by atoms with E-state index >= 15 is 0 Å². The zero-order chi connectivity index (χ0) is 14.2. The maximum absolute atomic E-state index is 10.6. The molecule has 20 heavy (non-hydrogen) atoms. The summed E-state index contributed by atoms with van der Waals surface area (Å²) in [6, 6.07) is 9.60. The predicted molar refractivity (Wildman–Crippen MR) is 71.8 cm³/mol. The van der Waals surface area contributed by atoms with Crippen LogP contribution in [0.15, 0.2) is 36.5 Å². The topological polar surface area (TPSA) is 89.3 Å². The van der Waals surface area contributed by atoms with E-state index in [-0.39, 0.29) is 5.69 Å². The van der Waals surface area contributed by atoms with Crippen molar-refractivity contribution in [1.29, 1.82) is 0 Å². The molecule has 2 N–H and O–H groups in total. The van der Waals surface area contributed by atoms with Crippen LogP contribution in [0.25, 0.3) is 0 Å². The Labute approximate surface area is 116 Å². The van der Waals surface area contributed by atoms with Gasteiger partial charge in [-0.3, -0.25) is 4.68 Å². The van der Waals surface area contributed by atoms with Crippen molar-refractivity contribution in [1.82, 2.24) is 20.3 Å². The van der Waals surface area contributed by atoms with Gasteiger partial charge in [0.15, 0.2) is 5.69 Å². The smallest absolute Gasteiger partial charge is 0.358 e. The zero-order valence-electron chi connectivity index (χ0n) is 10.9. The number of aromatic carboxylic acids is 1. The molecule has 0 bridgehead atoms. The SMILES string of the molecule is O=C(O)c1cn(CCNCCOc2ccccc2)nn1. The number of hydrogen-bond donors (Lipinski definition) is 2. The number of carboxylic acids is 1. The molecule has 0 saturated carbocycles. The minimum Gasteiger partial charge on any atom is -0.492 e. The zero-order valence-corrected chi connectivity index (χ0v) is 10.9. The number of hydrogen-bond acceptors (Lipinski definition) is 5. The van der Waals surface area contributed by atoms with Crippen molar-refractivity contribution in [3.05, 3.63) is 42.2 Å². The van der Waals surface area contributed by atoms with Crippen molar-refractivity contribution < 1.29 is 14.6 Å². The summed E-state index contributed by atoms with van der Waals surface area (Å²) >= 11 is 0. The third kappa shape index (κ3) is 4.36. The van der Waals surface area contributed by atoms with Gasteiger partial charge in [-0.1, -0.05) is 23.4 Å². The fourth-order valence-corrected chi connectivity index (χ4v) is 1.58. The molecule has 0 aliphatic rings. The first-order chi connectivity index (χ1) is 9.75. The van der Waals surface area contributed by atoms with Gasteiger partial charge in [-0.2, -0.15) is 0 Å². The lowest BCUT2D eigenvalue weighted by Gasteiger charge is -2.07. The molecular weight excluding hydrogens is 260 g/mol. The number of rotatable bonds is 8. The van der Waals surface area contributed by atoms with E-state index in [1.54, 1.807) is 0 Å². The molecule has 1 heterocycles.